The number of hydrogen-bond acceptors (Lipinski definition) is 4. The van der Waals surface area contributed by atoms with E-state index in [1.165, 1.54) is 4.90 Å². The Morgan fingerprint density at radius 1 is 1.33 bits per heavy atom. The Morgan fingerprint density at radius 3 is 2.89 bits per heavy atom. The molecule has 6 nitrogen and oxygen atoms in total. The van der Waals surface area contributed by atoms with Gasteiger partial charge in [-0.25, -0.2) is 18.6 Å². The number of carbonyl (C=O) groups excluding carboxylic acids is 1. The highest BCUT2D eigenvalue weighted by Gasteiger charge is 2.30. The van der Waals surface area contributed by atoms with Gasteiger partial charge in [0.15, 0.2) is 0 Å². The van der Waals surface area contributed by atoms with Crippen molar-refractivity contribution < 1.29 is 23.0 Å². The van der Waals surface area contributed by atoms with Gasteiger partial charge in [-0.1, -0.05) is 6.07 Å². The number of benzene rings is 1. The highest BCUT2D eigenvalue weighted by molar-refractivity contribution is 5.89. The molecule has 0 bridgehead atoms. The summed E-state index contributed by atoms with van der Waals surface area (Å²) >= 11 is 0. The van der Waals surface area contributed by atoms with Gasteiger partial charge in [-0.3, -0.25) is 0 Å². The Bertz CT molecular complexity index is 817. The number of carbonyl (C=O) groups is 1. The van der Waals surface area contributed by atoms with Crippen LogP contribution in [-0.4, -0.2) is 48.1 Å². The minimum atomic E-state index is -2.62. The van der Waals surface area contributed by atoms with Crippen molar-refractivity contribution >= 4 is 11.7 Å². The number of morpholine rings is 1. The van der Waals surface area contributed by atoms with Crippen LogP contribution in [0.4, 0.5) is 19.3 Å². The molecule has 1 N–H and O–H groups in total. The van der Waals surface area contributed by atoms with E-state index in [4.69, 9.17) is 9.47 Å². The molecular formula is C19H21F2N3O3. The van der Waals surface area contributed by atoms with Crippen LogP contribution in [0.2, 0.25) is 0 Å². The number of alkyl halides is 2. The summed E-state index contributed by atoms with van der Waals surface area (Å²) in [5.74, 6) is 1.01. The number of pyridine rings is 1. The number of hydrogen-bond donors (Lipinski definition) is 1. The van der Waals surface area contributed by atoms with Crippen molar-refractivity contribution in [2.75, 3.05) is 25.0 Å². The lowest BCUT2D eigenvalue weighted by Crippen LogP contribution is -2.49. The summed E-state index contributed by atoms with van der Waals surface area (Å²) in [6.45, 7) is 4.02. The third-order valence-corrected chi connectivity index (χ3v) is 4.21. The Kier molecular flexibility index (Phi) is 5.85. The summed E-state index contributed by atoms with van der Waals surface area (Å²) < 4.78 is 36.4. The summed E-state index contributed by atoms with van der Waals surface area (Å²) in [5.41, 5.74) is 2.40. The zero-order valence-electron chi connectivity index (χ0n) is 15.1. The van der Waals surface area contributed by atoms with Crippen molar-refractivity contribution in [2.24, 2.45) is 0 Å². The number of aromatic nitrogens is 1. The minimum Gasteiger partial charge on any atom is -0.439 e. The van der Waals surface area contributed by atoms with Gasteiger partial charge < -0.3 is 19.7 Å². The summed E-state index contributed by atoms with van der Waals surface area (Å²) in [6.07, 6.45) is -2.22. The van der Waals surface area contributed by atoms with E-state index in [-0.39, 0.29) is 19.7 Å². The van der Waals surface area contributed by atoms with Gasteiger partial charge >= 0.3 is 6.03 Å². The molecule has 1 aromatic carbocycles. The molecule has 1 aliphatic rings. The van der Waals surface area contributed by atoms with E-state index < -0.39 is 18.6 Å². The third kappa shape index (κ3) is 4.91. The molecule has 0 saturated carbocycles. The SMILES string of the molecule is Cc1ccnc(Oc2cc(NC(=O)N3CCOC(C(F)F)C3)ccc2C)c1. The maximum absolute atomic E-state index is 12.8. The van der Waals surface area contributed by atoms with Crippen LogP contribution in [0.1, 0.15) is 11.1 Å². The number of rotatable bonds is 4. The molecule has 144 valence electrons. The summed E-state index contributed by atoms with van der Waals surface area (Å²) in [4.78, 5) is 17.9. The first-order valence-corrected chi connectivity index (χ1v) is 8.59. The number of ether oxygens (including phenoxy) is 2. The molecule has 2 heterocycles. The van der Waals surface area contributed by atoms with Gasteiger partial charge in [0.25, 0.3) is 6.43 Å². The highest BCUT2D eigenvalue weighted by atomic mass is 19.3. The number of halogens is 2. The van der Waals surface area contributed by atoms with Crippen LogP contribution >= 0.6 is 0 Å². The smallest absolute Gasteiger partial charge is 0.322 e. The van der Waals surface area contributed by atoms with E-state index in [0.29, 0.717) is 17.3 Å². The van der Waals surface area contributed by atoms with Crippen molar-refractivity contribution in [3.05, 3.63) is 47.7 Å². The molecule has 1 fully saturated rings. The maximum Gasteiger partial charge on any atom is 0.322 e. The highest BCUT2D eigenvalue weighted by Crippen LogP contribution is 2.27. The van der Waals surface area contributed by atoms with E-state index in [9.17, 15) is 13.6 Å². The fourth-order valence-corrected chi connectivity index (χ4v) is 2.68. The summed E-state index contributed by atoms with van der Waals surface area (Å²) in [7, 11) is 0. The normalized spacial score (nSPS) is 17.1. The van der Waals surface area contributed by atoms with Crippen LogP contribution in [0.3, 0.4) is 0 Å². The molecule has 2 amide bonds. The number of amides is 2. The molecule has 1 aliphatic heterocycles. The molecule has 0 spiro atoms. The lowest BCUT2D eigenvalue weighted by Gasteiger charge is -2.32. The molecule has 3 rings (SSSR count). The average Bonchev–Trinajstić information content (AvgIpc) is 2.64. The molecule has 1 unspecified atom stereocenters. The fraction of sp³-hybridized carbons (Fsp3) is 0.368. The van der Waals surface area contributed by atoms with Crippen molar-refractivity contribution in [3.8, 4) is 11.6 Å². The Hall–Kier alpha value is -2.74. The van der Waals surface area contributed by atoms with Crippen LogP contribution in [0.5, 0.6) is 11.6 Å². The Balaban J connectivity index is 1.69. The van der Waals surface area contributed by atoms with E-state index >= 15 is 0 Å². The van der Waals surface area contributed by atoms with E-state index in [0.717, 1.165) is 11.1 Å². The van der Waals surface area contributed by atoms with Crippen molar-refractivity contribution in [1.82, 2.24) is 9.88 Å². The monoisotopic (exact) mass is 377 g/mol. The van der Waals surface area contributed by atoms with E-state index in [2.05, 4.69) is 10.3 Å². The number of urea groups is 1. The van der Waals surface area contributed by atoms with Crippen LogP contribution < -0.4 is 10.1 Å². The van der Waals surface area contributed by atoms with Crippen LogP contribution in [0.15, 0.2) is 36.5 Å². The van der Waals surface area contributed by atoms with Gasteiger partial charge in [-0.15, -0.1) is 0 Å². The quantitative estimate of drug-likeness (QED) is 0.875. The first-order valence-electron chi connectivity index (χ1n) is 8.59. The Labute approximate surface area is 156 Å². The number of anilines is 1. The van der Waals surface area contributed by atoms with Gasteiger partial charge in [0, 0.05) is 30.6 Å². The predicted octanol–water partition coefficient (Wildman–Crippen LogP) is 3.99. The van der Waals surface area contributed by atoms with Gasteiger partial charge in [-0.05, 0) is 37.1 Å². The third-order valence-electron chi connectivity index (χ3n) is 4.21. The van der Waals surface area contributed by atoms with Crippen molar-refractivity contribution in [2.45, 2.75) is 26.4 Å². The van der Waals surface area contributed by atoms with Crippen molar-refractivity contribution in [1.29, 1.82) is 0 Å². The lowest BCUT2D eigenvalue weighted by molar-refractivity contribution is -0.0916. The zero-order valence-corrected chi connectivity index (χ0v) is 15.1. The van der Waals surface area contributed by atoms with Crippen LogP contribution in [0, 0.1) is 13.8 Å². The number of aryl methyl sites for hydroxylation is 2. The largest absolute Gasteiger partial charge is 0.439 e. The van der Waals surface area contributed by atoms with Gasteiger partial charge in [0.1, 0.15) is 11.9 Å². The summed E-state index contributed by atoms with van der Waals surface area (Å²) in [6, 6.07) is 8.44. The number of nitrogens with one attached hydrogen (secondary N) is 1. The molecule has 1 atom stereocenters. The maximum atomic E-state index is 12.8. The molecule has 1 saturated heterocycles. The minimum absolute atomic E-state index is 0.0870. The second-order valence-electron chi connectivity index (χ2n) is 6.37. The van der Waals surface area contributed by atoms with Gasteiger partial charge in [-0.2, -0.15) is 0 Å². The molecular weight excluding hydrogens is 356 g/mol. The molecule has 8 heteroatoms. The van der Waals surface area contributed by atoms with E-state index in [1.54, 1.807) is 18.3 Å². The first-order chi connectivity index (χ1) is 12.9. The average molecular weight is 377 g/mol. The van der Waals surface area contributed by atoms with Gasteiger partial charge in [0.2, 0.25) is 5.88 Å². The van der Waals surface area contributed by atoms with Crippen LogP contribution in [0.25, 0.3) is 0 Å². The lowest BCUT2D eigenvalue weighted by atomic mass is 10.2. The molecule has 0 aliphatic carbocycles. The Morgan fingerprint density at radius 2 is 2.15 bits per heavy atom. The molecule has 27 heavy (non-hydrogen) atoms. The second kappa shape index (κ2) is 8.30. The number of nitrogens with zero attached hydrogens (tertiary/aromatic N) is 2. The molecule has 0 radical (unpaired) electrons. The van der Waals surface area contributed by atoms with Gasteiger partial charge in [0.05, 0.1) is 13.2 Å². The van der Waals surface area contributed by atoms with Crippen molar-refractivity contribution in [3.63, 3.8) is 0 Å². The topological polar surface area (TPSA) is 63.7 Å². The standard InChI is InChI=1S/C19H21F2N3O3/c1-12-5-6-22-17(9-12)27-15-10-14(4-3-13(15)2)23-19(25)24-7-8-26-16(11-24)18(20)21/h3-6,9-10,16,18H,7-8,11H2,1-2H3,(H,23,25). The molecule has 2 aromatic rings. The zero-order chi connectivity index (χ0) is 19.4. The van der Waals surface area contributed by atoms with E-state index in [1.807, 2.05) is 32.0 Å². The first kappa shape index (κ1) is 19.0. The fourth-order valence-electron chi connectivity index (χ4n) is 2.68. The second-order valence-corrected chi connectivity index (χ2v) is 6.37. The molecule has 1 aromatic heterocycles. The predicted molar refractivity (Wildman–Crippen MR) is 96.6 cm³/mol. The summed E-state index contributed by atoms with van der Waals surface area (Å²) in [5, 5.41) is 2.72. The van der Waals surface area contributed by atoms with Crippen LogP contribution in [-0.2, 0) is 4.74 Å².